The van der Waals surface area contributed by atoms with Crippen molar-refractivity contribution >= 4 is 5.65 Å². The van der Waals surface area contributed by atoms with Crippen molar-refractivity contribution in [2.45, 2.75) is 45.2 Å². The highest BCUT2D eigenvalue weighted by atomic mass is 15.3. The molecule has 0 radical (unpaired) electrons. The molecule has 1 aliphatic rings. The van der Waals surface area contributed by atoms with Crippen LogP contribution >= 0.6 is 0 Å². The molecule has 1 saturated carbocycles. The predicted octanol–water partition coefficient (Wildman–Crippen LogP) is 1.46. The van der Waals surface area contributed by atoms with Crippen molar-refractivity contribution in [3.05, 3.63) is 23.9 Å². The summed E-state index contributed by atoms with van der Waals surface area (Å²) < 4.78 is 1.95. The Hall–Kier alpha value is -1.49. The monoisotopic (exact) mass is 231 g/mol. The molecule has 2 aromatic rings. The Morgan fingerprint density at radius 2 is 2.18 bits per heavy atom. The maximum absolute atomic E-state index is 4.28. The third-order valence-electron chi connectivity index (χ3n) is 3.41. The van der Waals surface area contributed by atoms with E-state index in [1.165, 1.54) is 25.7 Å². The van der Waals surface area contributed by atoms with E-state index >= 15 is 0 Å². The Bertz CT molecular complexity index is 513. The topological polar surface area (TPSA) is 55.1 Å². The van der Waals surface area contributed by atoms with Gasteiger partial charge in [0.15, 0.2) is 11.5 Å². The minimum Gasteiger partial charge on any atom is -0.307 e. The Balaban J connectivity index is 1.76. The largest absolute Gasteiger partial charge is 0.307 e. The lowest BCUT2D eigenvalue weighted by Crippen LogP contribution is -2.26. The summed E-state index contributed by atoms with van der Waals surface area (Å²) in [5.41, 5.74) is 1.85. The van der Waals surface area contributed by atoms with Crippen LogP contribution in [-0.2, 0) is 6.54 Å². The first-order chi connectivity index (χ1) is 8.33. The van der Waals surface area contributed by atoms with E-state index in [-0.39, 0.29) is 0 Å². The van der Waals surface area contributed by atoms with E-state index in [4.69, 9.17) is 0 Å². The fourth-order valence-electron chi connectivity index (χ4n) is 2.42. The number of fused-ring (bicyclic) bond motifs is 1. The van der Waals surface area contributed by atoms with Crippen LogP contribution in [0, 0.1) is 6.92 Å². The fraction of sp³-hybridized carbons (Fsp3) is 0.583. The molecule has 0 bridgehead atoms. The van der Waals surface area contributed by atoms with Crippen LogP contribution in [0.4, 0.5) is 0 Å². The number of rotatable bonds is 3. The number of aryl methyl sites for hydroxylation is 1. The van der Waals surface area contributed by atoms with E-state index in [2.05, 4.69) is 20.5 Å². The lowest BCUT2D eigenvalue weighted by Gasteiger charge is -2.10. The molecule has 1 aliphatic carbocycles. The third-order valence-corrected chi connectivity index (χ3v) is 3.41. The van der Waals surface area contributed by atoms with Crippen molar-refractivity contribution in [3.8, 4) is 0 Å². The molecule has 0 saturated heterocycles. The van der Waals surface area contributed by atoms with Gasteiger partial charge in [-0.3, -0.25) is 4.40 Å². The van der Waals surface area contributed by atoms with E-state index in [1.807, 2.05) is 17.4 Å². The van der Waals surface area contributed by atoms with Gasteiger partial charge in [0, 0.05) is 17.8 Å². The lowest BCUT2D eigenvalue weighted by molar-refractivity contribution is 0.511. The molecule has 90 valence electrons. The van der Waals surface area contributed by atoms with Gasteiger partial charge in [0.1, 0.15) is 6.33 Å². The lowest BCUT2D eigenvalue weighted by atomic mass is 10.2. The van der Waals surface area contributed by atoms with E-state index in [0.717, 1.165) is 23.7 Å². The first-order valence-electron chi connectivity index (χ1n) is 6.22. The van der Waals surface area contributed by atoms with Gasteiger partial charge in [0.2, 0.25) is 0 Å². The van der Waals surface area contributed by atoms with Crippen LogP contribution in [0.15, 0.2) is 12.4 Å². The molecule has 2 heterocycles. The van der Waals surface area contributed by atoms with Crippen LogP contribution in [0.3, 0.4) is 0 Å². The van der Waals surface area contributed by atoms with Crippen molar-refractivity contribution in [2.75, 3.05) is 0 Å². The van der Waals surface area contributed by atoms with Crippen LogP contribution in [0.1, 0.15) is 37.2 Å². The molecule has 5 heteroatoms. The zero-order valence-electron chi connectivity index (χ0n) is 10.1. The minimum absolute atomic E-state index is 0.653. The highest BCUT2D eigenvalue weighted by molar-refractivity contribution is 5.37. The van der Waals surface area contributed by atoms with Gasteiger partial charge in [-0.2, -0.15) is 0 Å². The quantitative estimate of drug-likeness (QED) is 0.869. The number of aromatic nitrogens is 4. The third kappa shape index (κ3) is 2.15. The van der Waals surface area contributed by atoms with Gasteiger partial charge < -0.3 is 5.32 Å². The Labute approximate surface area is 100 Å². The van der Waals surface area contributed by atoms with Crippen LogP contribution < -0.4 is 5.32 Å². The average molecular weight is 231 g/mol. The van der Waals surface area contributed by atoms with Gasteiger partial charge in [0.05, 0.1) is 6.54 Å². The molecule has 17 heavy (non-hydrogen) atoms. The van der Waals surface area contributed by atoms with Gasteiger partial charge in [0.25, 0.3) is 0 Å². The van der Waals surface area contributed by atoms with E-state index < -0.39 is 0 Å². The number of nitrogens with one attached hydrogen (secondary N) is 1. The Morgan fingerprint density at radius 1 is 1.35 bits per heavy atom. The summed E-state index contributed by atoms with van der Waals surface area (Å²) in [4.78, 5) is 4.28. The molecule has 0 aliphatic heterocycles. The van der Waals surface area contributed by atoms with Crippen LogP contribution in [0.2, 0.25) is 0 Å². The molecule has 0 unspecified atom stereocenters. The molecule has 2 aromatic heterocycles. The summed E-state index contributed by atoms with van der Waals surface area (Å²) in [5, 5.41) is 11.9. The summed E-state index contributed by atoms with van der Waals surface area (Å²) in [5.74, 6) is 0.944. The standard InChI is InChI=1S/C12H17N5/c1-9-6-11-15-16-12(17(11)8-14-9)7-13-10-4-2-3-5-10/h6,8,10,13H,2-5,7H2,1H3. The van der Waals surface area contributed by atoms with Crippen LogP contribution in [0.5, 0.6) is 0 Å². The maximum Gasteiger partial charge on any atom is 0.163 e. The summed E-state index contributed by atoms with van der Waals surface area (Å²) >= 11 is 0. The maximum atomic E-state index is 4.28. The SMILES string of the molecule is Cc1cc2nnc(CNC3CCCC3)n2cn1. The Morgan fingerprint density at radius 3 is 3.00 bits per heavy atom. The van der Waals surface area contributed by atoms with E-state index in [1.54, 1.807) is 6.33 Å². The van der Waals surface area contributed by atoms with Crippen molar-refractivity contribution in [1.29, 1.82) is 0 Å². The molecule has 0 spiro atoms. The van der Waals surface area contributed by atoms with Crippen LogP contribution in [0.25, 0.3) is 5.65 Å². The number of hydrogen-bond acceptors (Lipinski definition) is 4. The van der Waals surface area contributed by atoms with Gasteiger partial charge in [-0.05, 0) is 19.8 Å². The molecular formula is C12H17N5. The zero-order valence-corrected chi connectivity index (χ0v) is 10.1. The van der Waals surface area contributed by atoms with Crippen LogP contribution in [-0.4, -0.2) is 25.6 Å². The summed E-state index contributed by atoms with van der Waals surface area (Å²) in [7, 11) is 0. The Kier molecular flexibility index (Phi) is 2.76. The number of hydrogen-bond donors (Lipinski definition) is 1. The first-order valence-corrected chi connectivity index (χ1v) is 6.22. The van der Waals surface area contributed by atoms with E-state index in [9.17, 15) is 0 Å². The fourth-order valence-corrected chi connectivity index (χ4v) is 2.42. The highest BCUT2D eigenvalue weighted by Crippen LogP contribution is 2.18. The molecule has 3 rings (SSSR count). The molecule has 0 atom stereocenters. The summed E-state index contributed by atoms with van der Waals surface area (Å²) in [6.07, 6.45) is 7.07. The second-order valence-corrected chi connectivity index (χ2v) is 4.74. The van der Waals surface area contributed by atoms with Crippen molar-refractivity contribution in [2.24, 2.45) is 0 Å². The second kappa shape index (κ2) is 4.41. The summed E-state index contributed by atoms with van der Waals surface area (Å²) in [6.45, 7) is 2.74. The van der Waals surface area contributed by atoms with Gasteiger partial charge in [-0.15, -0.1) is 10.2 Å². The molecule has 0 aromatic carbocycles. The second-order valence-electron chi connectivity index (χ2n) is 4.74. The zero-order chi connectivity index (χ0) is 11.7. The van der Waals surface area contributed by atoms with Gasteiger partial charge >= 0.3 is 0 Å². The van der Waals surface area contributed by atoms with Gasteiger partial charge in [-0.1, -0.05) is 12.8 Å². The minimum atomic E-state index is 0.653. The molecule has 1 N–H and O–H groups in total. The molecular weight excluding hydrogens is 214 g/mol. The average Bonchev–Trinajstić information content (AvgIpc) is 2.94. The van der Waals surface area contributed by atoms with Crippen molar-refractivity contribution in [3.63, 3.8) is 0 Å². The van der Waals surface area contributed by atoms with E-state index in [0.29, 0.717) is 6.04 Å². The van der Waals surface area contributed by atoms with Crippen molar-refractivity contribution < 1.29 is 0 Å². The molecule has 5 nitrogen and oxygen atoms in total. The highest BCUT2D eigenvalue weighted by Gasteiger charge is 2.15. The summed E-state index contributed by atoms with van der Waals surface area (Å²) in [6, 6.07) is 2.60. The van der Waals surface area contributed by atoms with Crippen molar-refractivity contribution in [1.82, 2.24) is 24.9 Å². The molecule has 1 fully saturated rings. The first kappa shape index (κ1) is 10.7. The van der Waals surface area contributed by atoms with Gasteiger partial charge in [-0.25, -0.2) is 4.98 Å². The normalized spacial score (nSPS) is 17.0. The molecule has 0 amide bonds. The predicted molar refractivity (Wildman–Crippen MR) is 64.6 cm³/mol. The number of nitrogens with zero attached hydrogens (tertiary/aromatic N) is 4. The smallest absolute Gasteiger partial charge is 0.163 e.